The van der Waals surface area contributed by atoms with Gasteiger partial charge in [0, 0.05) is 12.7 Å². The van der Waals surface area contributed by atoms with Gasteiger partial charge in [-0.2, -0.15) is 13.2 Å². The SMILES string of the molecule is COc1cccc2sc(N(C)CC(=O)Nc3cccc(C(F)(F)F)c3)nc12. The van der Waals surface area contributed by atoms with Crippen molar-refractivity contribution in [1.82, 2.24) is 4.98 Å². The second kappa shape index (κ2) is 7.43. The van der Waals surface area contributed by atoms with Gasteiger partial charge in [-0.1, -0.05) is 23.5 Å². The standard InChI is InChI=1S/C18H16F3N3O2S/c1-24(17-23-16-13(26-2)7-4-8-14(16)27-17)10-15(25)22-12-6-3-5-11(9-12)18(19,20)21/h3-9H,10H2,1-2H3,(H,22,25). The molecule has 3 rings (SSSR count). The molecule has 0 fully saturated rings. The predicted octanol–water partition coefficient (Wildman–Crippen LogP) is 4.40. The molecule has 1 amide bonds. The van der Waals surface area contributed by atoms with Crippen molar-refractivity contribution in [3.05, 3.63) is 48.0 Å². The van der Waals surface area contributed by atoms with Gasteiger partial charge in [-0.25, -0.2) is 4.98 Å². The van der Waals surface area contributed by atoms with Crippen molar-refractivity contribution >= 4 is 38.3 Å². The van der Waals surface area contributed by atoms with Crippen molar-refractivity contribution in [3.63, 3.8) is 0 Å². The van der Waals surface area contributed by atoms with Gasteiger partial charge in [-0.3, -0.25) is 4.79 Å². The Bertz CT molecular complexity index is 972. The molecule has 0 saturated carbocycles. The molecule has 2 aromatic carbocycles. The number of ether oxygens (including phenoxy) is 1. The number of nitrogens with one attached hydrogen (secondary N) is 1. The summed E-state index contributed by atoms with van der Waals surface area (Å²) in [6.07, 6.45) is -4.46. The van der Waals surface area contributed by atoms with Crippen molar-refractivity contribution in [2.75, 3.05) is 30.9 Å². The number of hydrogen-bond acceptors (Lipinski definition) is 5. The summed E-state index contributed by atoms with van der Waals surface area (Å²) in [6, 6.07) is 10.1. The number of fused-ring (bicyclic) bond motifs is 1. The quantitative estimate of drug-likeness (QED) is 0.696. The van der Waals surface area contributed by atoms with Crippen molar-refractivity contribution in [3.8, 4) is 5.75 Å². The lowest BCUT2D eigenvalue weighted by molar-refractivity contribution is -0.137. The van der Waals surface area contributed by atoms with Crippen molar-refractivity contribution in [1.29, 1.82) is 0 Å². The number of halogens is 3. The highest BCUT2D eigenvalue weighted by atomic mass is 32.1. The molecule has 0 aliphatic rings. The Morgan fingerprint density at radius 3 is 2.70 bits per heavy atom. The largest absolute Gasteiger partial charge is 0.494 e. The number of benzene rings is 2. The highest BCUT2D eigenvalue weighted by molar-refractivity contribution is 7.22. The second-order valence-corrected chi connectivity index (χ2v) is 6.80. The molecule has 9 heteroatoms. The average molecular weight is 395 g/mol. The van der Waals surface area contributed by atoms with E-state index >= 15 is 0 Å². The van der Waals surface area contributed by atoms with E-state index in [9.17, 15) is 18.0 Å². The molecule has 0 aliphatic heterocycles. The van der Waals surface area contributed by atoms with E-state index in [0.717, 1.165) is 16.8 Å². The molecule has 1 aromatic heterocycles. The number of anilines is 2. The van der Waals surface area contributed by atoms with Gasteiger partial charge in [0.05, 0.1) is 23.9 Å². The fraction of sp³-hybridized carbons (Fsp3) is 0.222. The maximum Gasteiger partial charge on any atom is 0.416 e. The smallest absolute Gasteiger partial charge is 0.416 e. The zero-order valence-corrected chi connectivity index (χ0v) is 15.3. The van der Waals surface area contributed by atoms with Crippen LogP contribution in [0.4, 0.5) is 24.0 Å². The third-order valence-electron chi connectivity index (χ3n) is 3.77. The number of hydrogen-bond donors (Lipinski definition) is 1. The number of amides is 1. The molecular formula is C18H16F3N3O2S. The summed E-state index contributed by atoms with van der Waals surface area (Å²) in [5.74, 6) is 0.194. The topological polar surface area (TPSA) is 54.5 Å². The van der Waals surface area contributed by atoms with Gasteiger partial charge < -0.3 is 15.0 Å². The number of likely N-dealkylation sites (N-methyl/N-ethyl adjacent to an activating group) is 1. The molecule has 0 radical (unpaired) electrons. The summed E-state index contributed by atoms with van der Waals surface area (Å²) in [5.41, 5.74) is -0.0220. The Balaban J connectivity index is 1.71. The lowest BCUT2D eigenvalue weighted by atomic mass is 10.2. The Morgan fingerprint density at radius 2 is 2.00 bits per heavy atom. The van der Waals surface area contributed by atoms with Crippen LogP contribution in [-0.4, -0.2) is 31.6 Å². The van der Waals surface area contributed by atoms with E-state index in [1.165, 1.54) is 23.5 Å². The predicted molar refractivity (Wildman–Crippen MR) is 99.5 cm³/mol. The van der Waals surface area contributed by atoms with Crippen molar-refractivity contribution < 1.29 is 22.7 Å². The lowest BCUT2D eigenvalue weighted by Gasteiger charge is -2.15. The molecule has 1 heterocycles. The first-order valence-electron chi connectivity index (χ1n) is 7.89. The number of rotatable bonds is 5. The molecule has 0 bridgehead atoms. The first-order chi connectivity index (χ1) is 12.8. The van der Waals surface area contributed by atoms with Crippen molar-refractivity contribution in [2.24, 2.45) is 0 Å². The Labute approximate surface area is 157 Å². The first kappa shape index (κ1) is 19.0. The fourth-order valence-corrected chi connectivity index (χ4v) is 3.44. The maximum absolute atomic E-state index is 12.8. The molecule has 27 heavy (non-hydrogen) atoms. The molecule has 3 aromatic rings. The van der Waals surface area contributed by atoms with E-state index in [0.29, 0.717) is 16.4 Å². The Morgan fingerprint density at radius 1 is 1.26 bits per heavy atom. The average Bonchev–Trinajstić information content (AvgIpc) is 3.05. The number of thiazole rings is 1. The van der Waals surface area contributed by atoms with Gasteiger partial charge in [-0.05, 0) is 30.3 Å². The second-order valence-electron chi connectivity index (χ2n) is 5.79. The van der Waals surface area contributed by atoms with Gasteiger partial charge in [0.1, 0.15) is 11.3 Å². The molecule has 5 nitrogen and oxygen atoms in total. The Kier molecular flexibility index (Phi) is 5.22. The van der Waals surface area contributed by atoms with Gasteiger partial charge in [0.25, 0.3) is 0 Å². The normalized spacial score (nSPS) is 11.4. The zero-order valence-electron chi connectivity index (χ0n) is 14.5. The van der Waals surface area contributed by atoms with E-state index in [4.69, 9.17) is 4.74 Å². The van der Waals surface area contributed by atoms with Gasteiger partial charge in [0.2, 0.25) is 5.91 Å². The molecule has 0 aliphatic carbocycles. The highest BCUT2D eigenvalue weighted by Crippen LogP contribution is 2.33. The van der Waals surface area contributed by atoms with Crippen LogP contribution in [0.2, 0.25) is 0 Å². The van der Waals surface area contributed by atoms with Crippen LogP contribution in [0.5, 0.6) is 5.75 Å². The van der Waals surface area contributed by atoms with Crippen LogP contribution in [0, 0.1) is 0 Å². The maximum atomic E-state index is 12.8. The number of aromatic nitrogens is 1. The summed E-state index contributed by atoms with van der Waals surface area (Å²) in [5, 5.41) is 3.09. The molecule has 0 saturated heterocycles. The minimum Gasteiger partial charge on any atom is -0.494 e. The molecular weight excluding hydrogens is 379 g/mol. The Hall–Kier alpha value is -2.81. The van der Waals surface area contributed by atoms with E-state index in [1.54, 1.807) is 25.1 Å². The summed E-state index contributed by atoms with van der Waals surface area (Å²) in [6.45, 7) is -0.0572. The minimum atomic E-state index is -4.46. The van der Waals surface area contributed by atoms with E-state index in [2.05, 4.69) is 10.3 Å². The van der Waals surface area contributed by atoms with Crippen LogP contribution in [0.3, 0.4) is 0 Å². The highest BCUT2D eigenvalue weighted by Gasteiger charge is 2.30. The van der Waals surface area contributed by atoms with Crippen LogP contribution in [-0.2, 0) is 11.0 Å². The van der Waals surface area contributed by atoms with Crippen LogP contribution in [0.25, 0.3) is 10.2 Å². The van der Waals surface area contributed by atoms with Crippen LogP contribution < -0.4 is 15.0 Å². The number of nitrogens with zero attached hydrogens (tertiary/aromatic N) is 2. The summed E-state index contributed by atoms with van der Waals surface area (Å²) < 4.78 is 44.5. The number of carbonyl (C=O) groups is 1. The first-order valence-corrected chi connectivity index (χ1v) is 8.71. The molecule has 1 N–H and O–H groups in total. The van der Waals surface area contributed by atoms with Gasteiger partial charge >= 0.3 is 6.18 Å². The monoisotopic (exact) mass is 395 g/mol. The third-order valence-corrected chi connectivity index (χ3v) is 4.91. The molecule has 142 valence electrons. The van der Waals surface area contributed by atoms with Gasteiger partial charge in [-0.15, -0.1) is 0 Å². The lowest BCUT2D eigenvalue weighted by Crippen LogP contribution is -2.30. The number of carbonyl (C=O) groups excluding carboxylic acids is 1. The third kappa shape index (κ3) is 4.30. The number of methoxy groups -OCH3 is 1. The summed E-state index contributed by atoms with van der Waals surface area (Å²) in [4.78, 5) is 18.3. The van der Waals surface area contributed by atoms with E-state index in [-0.39, 0.29) is 12.2 Å². The van der Waals surface area contributed by atoms with E-state index < -0.39 is 17.6 Å². The van der Waals surface area contributed by atoms with Gasteiger partial charge in [0.15, 0.2) is 5.13 Å². The minimum absolute atomic E-state index is 0.0572. The number of para-hydroxylation sites is 1. The summed E-state index contributed by atoms with van der Waals surface area (Å²) >= 11 is 1.40. The molecule has 0 unspecified atom stereocenters. The summed E-state index contributed by atoms with van der Waals surface area (Å²) in [7, 11) is 3.25. The molecule has 0 atom stereocenters. The molecule has 0 spiro atoms. The van der Waals surface area contributed by atoms with Crippen molar-refractivity contribution in [2.45, 2.75) is 6.18 Å². The fourth-order valence-electron chi connectivity index (χ4n) is 2.50. The van der Waals surface area contributed by atoms with Crippen LogP contribution >= 0.6 is 11.3 Å². The number of alkyl halides is 3. The van der Waals surface area contributed by atoms with E-state index in [1.807, 2.05) is 12.1 Å². The van der Waals surface area contributed by atoms with Crippen LogP contribution in [0.15, 0.2) is 42.5 Å². The zero-order chi connectivity index (χ0) is 19.6. The van der Waals surface area contributed by atoms with Crippen LogP contribution in [0.1, 0.15) is 5.56 Å².